The average molecular weight is 407 g/mol. The SMILES string of the molecule is CCCOc1cc(F)c(Nc2cc(OC3CCN(C(=O)O)CC3)ccn2)cc1F. The van der Waals surface area contributed by atoms with Crippen LogP contribution in [0.4, 0.5) is 25.1 Å². The normalized spacial score (nSPS) is 14.5. The number of pyridine rings is 1. The van der Waals surface area contributed by atoms with E-state index in [-0.39, 0.29) is 17.5 Å². The number of nitrogens with zero attached hydrogens (tertiary/aromatic N) is 2. The highest BCUT2D eigenvalue weighted by Crippen LogP contribution is 2.28. The maximum atomic E-state index is 14.3. The Balaban J connectivity index is 1.64. The van der Waals surface area contributed by atoms with Gasteiger partial charge in [-0.05, 0) is 12.5 Å². The van der Waals surface area contributed by atoms with Crippen molar-refractivity contribution in [1.82, 2.24) is 9.88 Å². The quantitative estimate of drug-likeness (QED) is 0.707. The summed E-state index contributed by atoms with van der Waals surface area (Å²) in [4.78, 5) is 16.4. The molecule has 0 saturated carbocycles. The lowest BCUT2D eigenvalue weighted by Gasteiger charge is -2.30. The van der Waals surface area contributed by atoms with Crippen LogP contribution in [0.25, 0.3) is 0 Å². The number of likely N-dealkylation sites (tertiary alicyclic amines) is 1. The standard InChI is InChI=1S/C20H23F2N3O4/c1-2-9-28-18-12-15(21)17(11-16(18)22)24-19-10-14(3-6-23-19)29-13-4-7-25(8-5-13)20(26)27/h3,6,10-13H,2,4-5,7-9H2,1H3,(H,23,24)(H,26,27). The van der Waals surface area contributed by atoms with Crippen molar-refractivity contribution in [3.8, 4) is 11.5 Å². The minimum absolute atomic E-state index is 0.0641. The molecule has 2 aromatic rings. The predicted molar refractivity (Wildman–Crippen MR) is 103 cm³/mol. The molecule has 1 saturated heterocycles. The van der Waals surface area contributed by atoms with E-state index in [9.17, 15) is 13.6 Å². The minimum Gasteiger partial charge on any atom is -0.490 e. The molecule has 1 fully saturated rings. The molecule has 0 radical (unpaired) electrons. The van der Waals surface area contributed by atoms with Crippen molar-refractivity contribution in [2.45, 2.75) is 32.3 Å². The van der Waals surface area contributed by atoms with Crippen LogP contribution < -0.4 is 14.8 Å². The van der Waals surface area contributed by atoms with Gasteiger partial charge in [0.15, 0.2) is 17.4 Å². The van der Waals surface area contributed by atoms with E-state index in [1.807, 2.05) is 6.92 Å². The maximum absolute atomic E-state index is 14.3. The molecule has 7 nitrogen and oxygen atoms in total. The smallest absolute Gasteiger partial charge is 0.407 e. The highest BCUT2D eigenvalue weighted by Gasteiger charge is 2.23. The number of halogens is 2. The van der Waals surface area contributed by atoms with Crippen molar-refractivity contribution in [3.05, 3.63) is 42.1 Å². The largest absolute Gasteiger partial charge is 0.490 e. The first kappa shape index (κ1) is 20.6. The van der Waals surface area contributed by atoms with Crippen LogP contribution in [-0.4, -0.2) is 46.9 Å². The van der Waals surface area contributed by atoms with Crippen LogP contribution in [0.15, 0.2) is 30.5 Å². The van der Waals surface area contributed by atoms with Gasteiger partial charge in [-0.2, -0.15) is 0 Å². The Morgan fingerprint density at radius 3 is 2.72 bits per heavy atom. The molecular formula is C20H23F2N3O4. The van der Waals surface area contributed by atoms with E-state index >= 15 is 0 Å². The number of nitrogens with one attached hydrogen (secondary N) is 1. The van der Waals surface area contributed by atoms with Gasteiger partial charge in [0.05, 0.1) is 12.3 Å². The predicted octanol–water partition coefficient (Wildman–Crippen LogP) is 4.41. The first-order valence-electron chi connectivity index (χ1n) is 9.45. The third-order valence-electron chi connectivity index (χ3n) is 4.49. The summed E-state index contributed by atoms with van der Waals surface area (Å²) in [5.74, 6) is -0.648. The second-order valence-electron chi connectivity index (χ2n) is 6.70. The number of piperidine rings is 1. The van der Waals surface area contributed by atoms with Crippen molar-refractivity contribution in [2.24, 2.45) is 0 Å². The Bertz CT molecular complexity index is 858. The Morgan fingerprint density at radius 1 is 1.28 bits per heavy atom. The summed E-state index contributed by atoms with van der Waals surface area (Å²) >= 11 is 0. The number of rotatable bonds is 7. The topological polar surface area (TPSA) is 83.9 Å². The molecule has 2 N–H and O–H groups in total. The van der Waals surface area contributed by atoms with Crippen LogP contribution in [0.3, 0.4) is 0 Å². The van der Waals surface area contributed by atoms with Gasteiger partial charge in [0.2, 0.25) is 0 Å². The Morgan fingerprint density at radius 2 is 2.03 bits per heavy atom. The fourth-order valence-corrected chi connectivity index (χ4v) is 3.00. The fourth-order valence-electron chi connectivity index (χ4n) is 3.00. The van der Waals surface area contributed by atoms with Crippen LogP contribution in [-0.2, 0) is 0 Å². The fraction of sp³-hybridized carbons (Fsp3) is 0.400. The lowest BCUT2D eigenvalue weighted by Crippen LogP contribution is -2.41. The number of hydrogen-bond donors (Lipinski definition) is 2. The summed E-state index contributed by atoms with van der Waals surface area (Å²) < 4.78 is 39.5. The number of carbonyl (C=O) groups is 1. The molecule has 1 amide bonds. The van der Waals surface area contributed by atoms with Crippen molar-refractivity contribution < 1.29 is 28.2 Å². The average Bonchev–Trinajstić information content (AvgIpc) is 2.70. The summed E-state index contributed by atoms with van der Waals surface area (Å²) in [6, 6.07) is 5.27. The first-order chi connectivity index (χ1) is 14.0. The van der Waals surface area contributed by atoms with Crippen LogP contribution in [0, 0.1) is 11.6 Å². The number of anilines is 2. The molecule has 156 valence electrons. The number of benzene rings is 1. The molecule has 1 aliphatic heterocycles. The number of amides is 1. The molecule has 0 aliphatic carbocycles. The van der Waals surface area contributed by atoms with Gasteiger partial charge in [0.25, 0.3) is 0 Å². The second-order valence-corrected chi connectivity index (χ2v) is 6.70. The van der Waals surface area contributed by atoms with Gasteiger partial charge in [0.1, 0.15) is 17.7 Å². The van der Waals surface area contributed by atoms with Gasteiger partial charge in [0, 0.05) is 50.3 Å². The van der Waals surface area contributed by atoms with Gasteiger partial charge >= 0.3 is 6.09 Å². The summed E-state index contributed by atoms with van der Waals surface area (Å²) in [5, 5.41) is 11.7. The van der Waals surface area contributed by atoms with E-state index in [1.54, 1.807) is 12.1 Å². The molecular weight excluding hydrogens is 384 g/mol. The molecule has 2 heterocycles. The van der Waals surface area contributed by atoms with E-state index in [4.69, 9.17) is 14.6 Å². The Hall–Kier alpha value is -3.10. The maximum Gasteiger partial charge on any atom is 0.407 e. The lowest BCUT2D eigenvalue weighted by molar-refractivity contribution is 0.0895. The van der Waals surface area contributed by atoms with E-state index in [1.165, 1.54) is 11.1 Å². The van der Waals surface area contributed by atoms with Gasteiger partial charge in [-0.25, -0.2) is 18.6 Å². The van der Waals surface area contributed by atoms with E-state index in [2.05, 4.69) is 10.3 Å². The Kier molecular flexibility index (Phi) is 6.69. The van der Waals surface area contributed by atoms with Crippen LogP contribution in [0.1, 0.15) is 26.2 Å². The molecule has 9 heteroatoms. The lowest BCUT2D eigenvalue weighted by atomic mass is 10.1. The van der Waals surface area contributed by atoms with Crippen LogP contribution >= 0.6 is 0 Å². The zero-order valence-electron chi connectivity index (χ0n) is 16.0. The van der Waals surface area contributed by atoms with Crippen molar-refractivity contribution in [2.75, 3.05) is 25.0 Å². The van der Waals surface area contributed by atoms with Gasteiger partial charge in [-0.3, -0.25) is 0 Å². The van der Waals surface area contributed by atoms with Gasteiger partial charge in [-0.15, -0.1) is 0 Å². The van der Waals surface area contributed by atoms with Crippen molar-refractivity contribution in [3.63, 3.8) is 0 Å². The van der Waals surface area contributed by atoms with Gasteiger partial charge < -0.3 is 24.8 Å². The number of aromatic nitrogens is 1. The molecule has 3 rings (SSSR count). The molecule has 0 atom stereocenters. The number of ether oxygens (including phenoxy) is 2. The zero-order chi connectivity index (χ0) is 20.8. The minimum atomic E-state index is -0.931. The van der Waals surface area contributed by atoms with Crippen molar-refractivity contribution >= 4 is 17.6 Å². The van der Waals surface area contributed by atoms with E-state index in [0.29, 0.717) is 50.5 Å². The molecule has 1 aliphatic rings. The second kappa shape index (κ2) is 9.40. The van der Waals surface area contributed by atoms with E-state index in [0.717, 1.165) is 12.1 Å². The number of hydrogen-bond acceptors (Lipinski definition) is 5. The number of carboxylic acid groups (broad SMARTS) is 1. The molecule has 1 aromatic carbocycles. The summed E-state index contributed by atoms with van der Waals surface area (Å²) in [5.41, 5.74) is -0.0641. The first-order valence-corrected chi connectivity index (χ1v) is 9.45. The molecule has 1 aromatic heterocycles. The van der Waals surface area contributed by atoms with Gasteiger partial charge in [-0.1, -0.05) is 6.92 Å². The summed E-state index contributed by atoms with van der Waals surface area (Å²) in [6.45, 7) is 3.00. The monoisotopic (exact) mass is 407 g/mol. The van der Waals surface area contributed by atoms with Crippen molar-refractivity contribution in [1.29, 1.82) is 0 Å². The highest BCUT2D eigenvalue weighted by atomic mass is 19.1. The van der Waals surface area contributed by atoms with Crippen LogP contribution in [0.2, 0.25) is 0 Å². The highest BCUT2D eigenvalue weighted by molar-refractivity contribution is 5.65. The molecule has 0 spiro atoms. The molecule has 29 heavy (non-hydrogen) atoms. The molecule has 0 bridgehead atoms. The summed E-state index contributed by atoms with van der Waals surface area (Å²) in [6.07, 6.45) is 2.29. The summed E-state index contributed by atoms with van der Waals surface area (Å²) in [7, 11) is 0. The molecule has 0 unspecified atom stereocenters. The zero-order valence-corrected chi connectivity index (χ0v) is 16.0. The van der Waals surface area contributed by atoms with E-state index < -0.39 is 17.7 Å². The third kappa shape index (κ3) is 5.46. The van der Waals surface area contributed by atoms with Crippen LogP contribution in [0.5, 0.6) is 11.5 Å². The third-order valence-corrected chi connectivity index (χ3v) is 4.49. The Labute approximate surface area is 167 Å².